The molecule has 1 aromatic heterocycles. The largest absolute Gasteiger partial charge is 0.481 e. The quantitative estimate of drug-likeness (QED) is 0.847. The van der Waals surface area contributed by atoms with Gasteiger partial charge in [-0.1, -0.05) is 6.07 Å². The maximum Gasteiger partial charge on any atom is 0.272 e. The molecule has 0 saturated carbocycles. The Labute approximate surface area is 112 Å². The first-order chi connectivity index (χ1) is 9.24. The maximum absolute atomic E-state index is 12.0. The van der Waals surface area contributed by atoms with Gasteiger partial charge in [0.25, 0.3) is 5.91 Å². The van der Waals surface area contributed by atoms with Crippen LogP contribution >= 0.6 is 0 Å². The molecule has 3 rings (SSSR count). The number of aryl methyl sites for hydroxylation is 2. The summed E-state index contributed by atoms with van der Waals surface area (Å²) in [6.45, 7) is 1.76. The summed E-state index contributed by atoms with van der Waals surface area (Å²) in [5.74, 6) is 0.652. The summed E-state index contributed by atoms with van der Waals surface area (Å²) in [6, 6.07) is 6.11. The molecule has 0 fully saturated rings. The Kier molecular flexibility index (Phi) is 3.07. The first-order valence-electron chi connectivity index (χ1n) is 6.54. The van der Waals surface area contributed by atoms with Gasteiger partial charge in [-0.05, 0) is 49.4 Å². The lowest BCUT2D eigenvalue weighted by molar-refractivity contribution is 0.0727. The lowest BCUT2D eigenvalue weighted by atomic mass is 10.1. The summed E-state index contributed by atoms with van der Waals surface area (Å²) >= 11 is 0. The van der Waals surface area contributed by atoms with Gasteiger partial charge in [0, 0.05) is 12.4 Å². The number of aromatic nitrogens is 2. The van der Waals surface area contributed by atoms with E-state index in [1.165, 1.54) is 28.4 Å². The van der Waals surface area contributed by atoms with E-state index in [1.54, 1.807) is 19.3 Å². The van der Waals surface area contributed by atoms with E-state index in [2.05, 4.69) is 17.1 Å². The molecule has 1 unspecified atom stereocenters. The van der Waals surface area contributed by atoms with E-state index in [1.807, 2.05) is 6.07 Å². The molecule has 0 amide bonds. The number of imidazole rings is 1. The fourth-order valence-corrected chi connectivity index (χ4v) is 2.48. The SMILES string of the molecule is CC(Oc1ccc2c(c1)CCC2)C(=O)n1ccnc1. The lowest BCUT2D eigenvalue weighted by Crippen LogP contribution is -2.28. The number of hydrogen-bond acceptors (Lipinski definition) is 3. The van der Waals surface area contributed by atoms with E-state index >= 15 is 0 Å². The van der Waals surface area contributed by atoms with Crippen LogP contribution in [-0.2, 0) is 12.8 Å². The van der Waals surface area contributed by atoms with E-state index in [4.69, 9.17) is 4.74 Å². The van der Waals surface area contributed by atoms with E-state index in [0.717, 1.165) is 18.6 Å². The van der Waals surface area contributed by atoms with Crippen LogP contribution in [-0.4, -0.2) is 21.6 Å². The van der Waals surface area contributed by atoms with Gasteiger partial charge in [0.15, 0.2) is 6.10 Å². The van der Waals surface area contributed by atoms with Gasteiger partial charge >= 0.3 is 0 Å². The van der Waals surface area contributed by atoms with Crippen LogP contribution in [0.25, 0.3) is 0 Å². The van der Waals surface area contributed by atoms with E-state index in [0.29, 0.717) is 0 Å². The van der Waals surface area contributed by atoms with Gasteiger partial charge in [-0.2, -0.15) is 0 Å². The molecule has 0 N–H and O–H groups in total. The highest BCUT2D eigenvalue weighted by Crippen LogP contribution is 2.26. The lowest BCUT2D eigenvalue weighted by Gasteiger charge is -2.14. The Balaban J connectivity index is 1.73. The summed E-state index contributed by atoms with van der Waals surface area (Å²) in [5.41, 5.74) is 2.75. The van der Waals surface area contributed by atoms with Crippen LogP contribution in [0.4, 0.5) is 0 Å². The minimum atomic E-state index is -0.520. The molecule has 0 bridgehead atoms. The smallest absolute Gasteiger partial charge is 0.272 e. The first-order valence-corrected chi connectivity index (χ1v) is 6.54. The summed E-state index contributed by atoms with van der Waals surface area (Å²) in [6.07, 6.45) is 7.65. The van der Waals surface area contributed by atoms with Crippen molar-refractivity contribution in [3.8, 4) is 5.75 Å². The molecule has 1 aromatic carbocycles. The molecule has 4 nitrogen and oxygen atoms in total. The first kappa shape index (κ1) is 12.0. The fraction of sp³-hybridized carbons (Fsp3) is 0.333. The third-order valence-electron chi connectivity index (χ3n) is 3.49. The van der Waals surface area contributed by atoms with Crippen molar-refractivity contribution < 1.29 is 9.53 Å². The van der Waals surface area contributed by atoms with Crippen molar-refractivity contribution in [1.82, 2.24) is 9.55 Å². The number of ether oxygens (including phenoxy) is 1. The number of nitrogens with zero attached hydrogens (tertiary/aromatic N) is 2. The summed E-state index contributed by atoms with van der Waals surface area (Å²) in [7, 11) is 0. The second kappa shape index (κ2) is 4.88. The number of carbonyl (C=O) groups is 1. The molecule has 0 aliphatic heterocycles. The topological polar surface area (TPSA) is 44.1 Å². The Hall–Kier alpha value is -2.10. The van der Waals surface area contributed by atoms with Crippen LogP contribution in [0.2, 0.25) is 0 Å². The van der Waals surface area contributed by atoms with E-state index < -0.39 is 6.10 Å². The molecule has 4 heteroatoms. The van der Waals surface area contributed by atoms with Crippen LogP contribution in [0.1, 0.15) is 29.3 Å². The van der Waals surface area contributed by atoms with Crippen LogP contribution < -0.4 is 4.74 Å². The number of fused-ring (bicyclic) bond motifs is 1. The highest BCUT2D eigenvalue weighted by molar-refractivity contribution is 5.83. The van der Waals surface area contributed by atoms with Gasteiger partial charge < -0.3 is 4.74 Å². The van der Waals surface area contributed by atoms with Crippen LogP contribution in [0.5, 0.6) is 5.75 Å². The molecule has 0 spiro atoms. The normalized spacial score (nSPS) is 15.0. The van der Waals surface area contributed by atoms with Gasteiger partial charge in [-0.3, -0.25) is 9.36 Å². The number of hydrogen-bond donors (Lipinski definition) is 0. The zero-order valence-electron chi connectivity index (χ0n) is 10.9. The van der Waals surface area contributed by atoms with Crippen molar-refractivity contribution >= 4 is 5.91 Å². The van der Waals surface area contributed by atoms with Crippen LogP contribution in [0.15, 0.2) is 36.9 Å². The van der Waals surface area contributed by atoms with Crippen molar-refractivity contribution in [2.24, 2.45) is 0 Å². The highest BCUT2D eigenvalue weighted by Gasteiger charge is 2.17. The summed E-state index contributed by atoms with van der Waals surface area (Å²) in [4.78, 5) is 15.9. The second-order valence-electron chi connectivity index (χ2n) is 4.85. The van der Waals surface area contributed by atoms with Gasteiger partial charge in [-0.25, -0.2) is 4.98 Å². The monoisotopic (exact) mass is 256 g/mol. The molecule has 98 valence electrons. The maximum atomic E-state index is 12.0. The molecule has 0 saturated heterocycles. The average Bonchev–Trinajstić information content (AvgIpc) is 3.08. The molecule has 1 aliphatic rings. The molecule has 2 aromatic rings. The predicted molar refractivity (Wildman–Crippen MR) is 71.4 cm³/mol. The number of benzene rings is 1. The van der Waals surface area contributed by atoms with Crippen molar-refractivity contribution in [3.05, 3.63) is 48.0 Å². The van der Waals surface area contributed by atoms with Gasteiger partial charge in [-0.15, -0.1) is 0 Å². The molecule has 1 atom stereocenters. The van der Waals surface area contributed by atoms with Crippen molar-refractivity contribution in [2.45, 2.75) is 32.3 Å². The zero-order valence-corrected chi connectivity index (χ0v) is 10.9. The molecule has 0 radical (unpaired) electrons. The molecule has 1 aliphatic carbocycles. The number of rotatable bonds is 3. The third-order valence-corrected chi connectivity index (χ3v) is 3.49. The Bertz CT molecular complexity index is 590. The highest BCUT2D eigenvalue weighted by atomic mass is 16.5. The van der Waals surface area contributed by atoms with E-state index in [9.17, 15) is 4.79 Å². The standard InChI is InChI=1S/C15H16N2O2/c1-11(15(18)17-8-7-16-10-17)19-14-6-5-12-3-2-4-13(12)9-14/h5-11H,2-4H2,1H3. The average molecular weight is 256 g/mol. The molecular formula is C15H16N2O2. The fourth-order valence-electron chi connectivity index (χ4n) is 2.48. The van der Waals surface area contributed by atoms with Crippen molar-refractivity contribution in [2.75, 3.05) is 0 Å². The predicted octanol–water partition coefficient (Wildman–Crippen LogP) is 2.48. The van der Waals surface area contributed by atoms with Crippen molar-refractivity contribution in [1.29, 1.82) is 0 Å². The molecular weight excluding hydrogens is 240 g/mol. The summed E-state index contributed by atoms with van der Waals surface area (Å²) in [5, 5.41) is 0. The Morgan fingerprint density at radius 2 is 2.21 bits per heavy atom. The second-order valence-corrected chi connectivity index (χ2v) is 4.85. The van der Waals surface area contributed by atoms with Crippen LogP contribution in [0, 0.1) is 0 Å². The number of carbonyl (C=O) groups excluding carboxylic acids is 1. The van der Waals surface area contributed by atoms with Gasteiger partial charge in [0.2, 0.25) is 0 Å². The van der Waals surface area contributed by atoms with Crippen LogP contribution in [0.3, 0.4) is 0 Å². The minimum Gasteiger partial charge on any atom is -0.481 e. The molecule has 1 heterocycles. The zero-order chi connectivity index (χ0) is 13.2. The Morgan fingerprint density at radius 3 is 3.00 bits per heavy atom. The van der Waals surface area contributed by atoms with Gasteiger partial charge in [0.1, 0.15) is 12.1 Å². The Morgan fingerprint density at radius 1 is 1.37 bits per heavy atom. The molecule has 19 heavy (non-hydrogen) atoms. The summed E-state index contributed by atoms with van der Waals surface area (Å²) < 4.78 is 7.17. The van der Waals surface area contributed by atoms with Gasteiger partial charge in [0.05, 0.1) is 0 Å². The van der Waals surface area contributed by atoms with E-state index in [-0.39, 0.29) is 5.91 Å². The third kappa shape index (κ3) is 2.38. The minimum absolute atomic E-state index is 0.113. The van der Waals surface area contributed by atoms with Crippen molar-refractivity contribution in [3.63, 3.8) is 0 Å².